The van der Waals surface area contributed by atoms with E-state index in [4.69, 9.17) is 9.72 Å². The fourth-order valence-electron chi connectivity index (χ4n) is 4.98. The smallest absolute Gasteiger partial charge is 0.243 e. The molecule has 3 aromatic rings. The molecular formula is C27H34N4OS. The van der Waals surface area contributed by atoms with E-state index in [1.165, 1.54) is 42.8 Å². The van der Waals surface area contributed by atoms with Crippen molar-refractivity contribution in [1.29, 1.82) is 0 Å². The van der Waals surface area contributed by atoms with Gasteiger partial charge in [0.25, 0.3) is 0 Å². The van der Waals surface area contributed by atoms with Crippen molar-refractivity contribution >= 4 is 22.2 Å². The van der Waals surface area contributed by atoms with Crippen LogP contribution in [0.3, 0.4) is 0 Å². The molecule has 0 bridgehead atoms. The van der Waals surface area contributed by atoms with Crippen LogP contribution in [-0.4, -0.2) is 28.0 Å². The topological polar surface area (TPSA) is 50.3 Å². The van der Waals surface area contributed by atoms with E-state index in [0.717, 1.165) is 47.6 Å². The monoisotopic (exact) mass is 462 g/mol. The van der Waals surface area contributed by atoms with Crippen molar-refractivity contribution in [2.45, 2.75) is 64.8 Å². The van der Waals surface area contributed by atoms with Crippen LogP contribution in [0.25, 0.3) is 0 Å². The highest BCUT2D eigenvalue weighted by Crippen LogP contribution is 2.38. The van der Waals surface area contributed by atoms with Crippen molar-refractivity contribution in [2.75, 3.05) is 18.4 Å². The molecule has 1 aromatic carbocycles. The molecule has 33 heavy (non-hydrogen) atoms. The van der Waals surface area contributed by atoms with Gasteiger partial charge < -0.3 is 10.1 Å². The number of anilines is 2. The summed E-state index contributed by atoms with van der Waals surface area (Å²) in [7, 11) is 0. The lowest BCUT2D eigenvalue weighted by Crippen LogP contribution is -2.33. The van der Waals surface area contributed by atoms with Crippen LogP contribution in [-0.2, 0) is 18.4 Å². The molecule has 2 aliphatic rings. The van der Waals surface area contributed by atoms with E-state index < -0.39 is 0 Å². The van der Waals surface area contributed by atoms with Crippen LogP contribution in [0.15, 0.2) is 42.6 Å². The number of aromatic nitrogens is 2. The molecule has 0 saturated heterocycles. The van der Waals surface area contributed by atoms with Crippen molar-refractivity contribution < 1.29 is 4.74 Å². The van der Waals surface area contributed by atoms with Gasteiger partial charge in [0.1, 0.15) is 11.4 Å². The predicted molar refractivity (Wildman–Crippen MR) is 136 cm³/mol. The Kier molecular flexibility index (Phi) is 6.39. The Bertz CT molecular complexity index is 1100. The highest BCUT2D eigenvalue weighted by Gasteiger charge is 2.25. The summed E-state index contributed by atoms with van der Waals surface area (Å²) in [6, 6.07) is 12.1. The number of thiazole rings is 1. The number of nitrogens with zero attached hydrogens (tertiary/aromatic N) is 3. The van der Waals surface area contributed by atoms with Gasteiger partial charge in [-0.2, -0.15) is 0 Å². The number of ether oxygens (including phenoxy) is 1. The van der Waals surface area contributed by atoms with Gasteiger partial charge in [-0.1, -0.05) is 51.8 Å². The number of nitrogens with one attached hydrogen (secondary N) is 1. The maximum atomic E-state index is 6.33. The highest BCUT2D eigenvalue weighted by molar-refractivity contribution is 7.15. The van der Waals surface area contributed by atoms with Crippen molar-refractivity contribution in [2.24, 2.45) is 5.92 Å². The molecule has 6 heteroatoms. The quantitative estimate of drug-likeness (QED) is 0.431. The molecule has 174 valence electrons. The summed E-state index contributed by atoms with van der Waals surface area (Å²) in [5.41, 5.74) is 3.23. The number of pyridine rings is 1. The second-order valence-electron chi connectivity index (χ2n) is 10.4. The van der Waals surface area contributed by atoms with E-state index in [2.05, 4.69) is 48.1 Å². The number of para-hydroxylation sites is 1. The van der Waals surface area contributed by atoms with Gasteiger partial charge in [0.2, 0.25) is 5.88 Å². The van der Waals surface area contributed by atoms with Gasteiger partial charge in [0.15, 0.2) is 5.13 Å². The van der Waals surface area contributed by atoms with Crippen LogP contribution in [0, 0.1) is 5.92 Å². The van der Waals surface area contributed by atoms with Gasteiger partial charge in [0, 0.05) is 42.7 Å². The molecule has 1 N–H and O–H groups in total. The maximum Gasteiger partial charge on any atom is 0.243 e. The molecule has 0 atom stereocenters. The standard InChI is InChI=1S/C27H34N4OS/c1-27(2,3)20-11-6-7-13-23(20)32-25-22(12-8-15-28-25)30-26-29-21-14-16-31(18-24(21)33-26)17-19-9-4-5-10-19/h6-8,11-13,15,19H,4-5,9-10,14,16-18H2,1-3H3,(H,29,30). The average Bonchev–Trinajstić information content (AvgIpc) is 3.44. The summed E-state index contributed by atoms with van der Waals surface area (Å²) in [6.45, 7) is 9.99. The second-order valence-corrected chi connectivity index (χ2v) is 11.4. The van der Waals surface area contributed by atoms with Crippen molar-refractivity contribution in [1.82, 2.24) is 14.9 Å². The van der Waals surface area contributed by atoms with Crippen molar-refractivity contribution in [3.8, 4) is 11.6 Å². The van der Waals surface area contributed by atoms with Crippen LogP contribution >= 0.6 is 11.3 Å². The molecule has 1 fully saturated rings. The minimum absolute atomic E-state index is 0.0162. The van der Waals surface area contributed by atoms with E-state index in [1.807, 2.05) is 24.3 Å². The van der Waals surface area contributed by atoms with Crippen molar-refractivity contribution in [3.63, 3.8) is 0 Å². The second kappa shape index (κ2) is 9.43. The third-order valence-corrected chi connectivity index (χ3v) is 7.71. The summed E-state index contributed by atoms with van der Waals surface area (Å²) in [6.07, 6.45) is 8.44. The summed E-state index contributed by atoms with van der Waals surface area (Å²) >= 11 is 1.77. The van der Waals surface area contributed by atoms with E-state index >= 15 is 0 Å². The lowest BCUT2D eigenvalue weighted by Gasteiger charge is -2.28. The predicted octanol–water partition coefficient (Wildman–Crippen LogP) is 6.92. The molecule has 5 rings (SSSR count). The molecule has 0 unspecified atom stereocenters. The van der Waals surface area contributed by atoms with Gasteiger partial charge >= 0.3 is 0 Å². The van der Waals surface area contributed by atoms with Crippen LogP contribution < -0.4 is 10.1 Å². The number of rotatable bonds is 6. The Hall–Kier alpha value is -2.44. The Morgan fingerprint density at radius 1 is 1.12 bits per heavy atom. The third kappa shape index (κ3) is 5.22. The lowest BCUT2D eigenvalue weighted by atomic mass is 9.86. The molecule has 5 nitrogen and oxygen atoms in total. The Balaban J connectivity index is 1.31. The van der Waals surface area contributed by atoms with E-state index in [-0.39, 0.29) is 5.41 Å². The van der Waals surface area contributed by atoms with Crippen LogP contribution in [0.5, 0.6) is 11.6 Å². The molecule has 0 spiro atoms. The summed E-state index contributed by atoms with van der Waals surface area (Å²) in [5, 5.41) is 4.42. The van der Waals surface area contributed by atoms with Gasteiger partial charge in [-0.25, -0.2) is 9.97 Å². The van der Waals surface area contributed by atoms with E-state index in [9.17, 15) is 0 Å². The Morgan fingerprint density at radius 3 is 2.76 bits per heavy atom. The number of hydrogen-bond acceptors (Lipinski definition) is 6. The maximum absolute atomic E-state index is 6.33. The molecule has 0 amide bonds. The minimum atomic E-state index is -0.0162. The SMILES string of the molecule is CC(C)(C)c1ccccc1Oc1ncccc1Nc1nc2c(s1)CN(CC1CCCC1)CC2. The summed E-state index contributed by atoms with van der Waals surface area (Å²) < 4.78 is 6.33. The third-order valence-electron chi connectivity index (χ3n) is 6.72. The molecule has 1 aliphatic carbocycles. The number of hydrogen-bond donors (Lipinski definition) is 1. The first-order valence-electron chi connectivity index (χ1n) is 12.2. The molecule has 2 aromatic heterocycles. The normalized spacial score (nSPS) is 17.2. The van der Waals surface area contributed by atoms with Crippen LogP contribution in [0.4, 0.5) is 10.8 Å². The van der Waals surface area contributed by atoms with E-state index in [0.29, 0.717) is 5.88 Å². The zero-order chi connectivity index (χ0) is 22.8. The number of benzene rings is 1. The molecule has 0 radical (unpaired) electrons. The molecule has 1 aliphatic heterocycles. The largest absolute Gasteiger partial charge is 0.437 e. The van der Waals surface area contributed by atoms with E-state index in [1.54, 1.807) is 17.5 Å². The highest BCUT2D eigenvalue weighted by atomic mass is 32.1. The summed E-state index contributed by atoms with van der Waals surface area (Å²) in [4.78, 5) is 13.5. The van der Waals surface area contributed by atoms with Crippen LogP contribution in [0.2, 0.25) is 0 Å². The lowest BCUT2D eigenvalue weighted by molar-refractivity contribution is 0.216. The average molecular weight is 463 g/mol. The van der Waals surface area contributed by atoms with Gasteiger partial charge in [-0.05, 0) is 42.4 Å². The first-order chi connectivity index (χ1) is 16.0. The Labute approximate surface area is 201 Å². The van der Waals surface area contributed by atoms with Crippen LogP contribution in [0.1, 0.15) is 62.6 Å². The minimum Gasteiger partial charge on any atom is -0.437 e. The first kappa shape index (κ1) is 22.4. The zero-order valence-corrected chi connectivity index (χ0v) is 20.8. The Morgan fingerprint density at radius 2 is 1.94 bits per heavy atom. The molecule has 1 saturated carbocycles. The molecule has 3 heterocycles. The number of fused-ring (bicyclic) bond motifs is 1. The summed E-state index contributed by atoms with van der Waals surface area (Å²) in [5.74, 6) is 2.31. The van der Waals surface area contributed by atoms with Gasteiger partial charge in [-0.3, -0.25) is 4.90 Å². The van der Waals surface area contributed by atoms with Gasteiger partial charge in [0.05, 0.1) is 5.69 Å². The fraction of sp³-hybridized carbons (Fsp3) is 0.481. The molecular weight excluding hydrogens is 428 g/mol. The first-order valence-corrected chi connectivity index (χ1v) is 13.0. The van der Waals surface area contributed by atoms with Gasteiger partial charge in [-0.15, -0.1) is 11.3 Å². The zero-order valence-electron chi connectivity index (χ0n) is 19.9. The van der Waals surface area contributed by atoms with Crippen molar-refractivity contribution in [3.05, 3.63) is 58.7 Å². The fourth-order valence-corrected chi connectivity index (χ4v) is 6.04.